The number of carbonyl (C=O) groups excluding carboxylic acids is 1. The molecule has 0 radical (unpaired) electrons. The number of nitrogens with zero attached hydrogens (tertiary/aromatic N) is 1. The molecule has 3 nitrogen and oxygen atoms in total. The number of carbonyl (C=O) groups is 1. The van der Waals surface area contributed by atoms with Crippen LogP contribution in [0.3, 0.4) is 0 Å². The lowest BCUT2D eigenvalue weighted by molar-refractivity contribution is -0.129. The van der Waals surface area contributed by atoms with E-state index in [1.54, 1.807) is 11.0 Å². The minimum atomic E-state index is 0.205. The maximum atomic E-state index is 11.4. The van der Waals surface area contributed by atoms with Gasteiger partial charge in [0.25, 0.3) is 0 Å². The van der Waals surface area contributed by atoms with E-state index >= 15 is 0 Å². The van der Waals surface area contributed by atoms with Crippen molar-refractivity contribution in [3.05, 3.63) is 12.7 Å². The average Bonchev–Trinajstić information content (AvgIpc) is 2.14. The Morgan fingerprint density at radius 1 is 1.62 bits per heavy atom. The van der Waals surface area contributed by atoms with Gasteiger partial charge in [-0.3, -0.25) is 4.79 Å². The molecule has 76 valence electrons. The molecular weight excluding hydrogens is 164 g/mol. The molecule has 1 N–H and O–H groups in total. The van der Waals surface area contributed by atoms with Crippen molar-refractivity contribution >= 4 is 5.91 Å². The third kappa shape index (κ3) is 6.34. The Balaban J connectivity index is 3.50. The van der Waals surface area contributed by atoms with Gasteiger partial charge in [-0.25, -0.2) is 0 Å². The third-order valence-electron chi connectivity index (χ3n) is 1.91. The molecule has 13 heavy (non-hydrogen) atoms. The molecule has 0 aliphatic heterocycles. The van der Waals surface area contributed by atoms with E-state index in [4.69, 9.17) is 0 Å². The Labute approximate surface area is 80.8 Å². The minimum absolute atomic E-state index is 0.205. The summed E-state index contributed by atoms with van der Waals surface area (Å²) in [6, 6.07) is 0. The summed E-state index contributed by atoms with van der Waals surface area (Å²) in [7, 11) is 3.76. The topological polar surface area (TPSA) is 32.3 Å². The summed E-state index contributed by atoms with van der Waals surface area (Å²) in [6.45, 7) is 5.37. The van der Waals surface area contributed by atoms with Crippen LogP contribution in [0.5, 0.6) is 0 Å². The first kappa shape index (κ1) is 12.2. The van der Waals surface area contributed by atoms with Gasteiger partial charge in [-0.1, -0.05) is 6.08 Å². The Bertz CT molecular complexity index is 157. The molecule has 1 amide bonds. The molecule has 0 unspecified atom stereocenters. The van der Waals surface area contributed by atoms with Gasteiger partial charge in [0.1, 0.15) is 0 Å². The Kier molecular flexibility index (Phi) is 7.30. The standard InChI is InChI=1S/C10H20N2O/c1-4-5-7-10(13)12(3)9-6-8-11-2/h4,11H,1,5-9H2,2-3H3. The summed E-state index contributed by atoms with van der Waals surface area (Å²) >= 11 is 0. The average molecular weight is 184 g/mol. The predicted octanol–water partition coefficient (Wildman–Crippen LogP) is 1.02. The lowest BCUT2D eigenvalue weighted by Gasteiger charge is -2.16. The SMILES string of the molecule is C=CCCC(=O)N(C)CCCNC. The molecule has 3 heteroatoms. The van der Waals surface area contributed by atoms with Crippen LogP contribution < -0.4 is 5.32 Å². The maximum Gasteiger partial charge on any atom is 0.222 e. The second-order valence-electron chi connectivity index (χ2n) is 3.10. The summed E-state index contributed by atoms with van der Waals surface area (Å²) in [4.78, 5) is 13.1. The van der Waals surface area contributed by atoms with Crippen LogP contribution in [-0.4, -0.2) is 38.0 Å². The molecule has 0 spiro atoms. The second-order valence-corrected chi connectivity index (χ2v) is 3.10. The van der Waals surface area contributed by atoms with Gasteiger partial charge in [-0.15, -0.1) is 6.58 Å². The molecular formula is C10H20N2O. The van der Waals surface area contributed by atoms with Crippen molar-refractivity contribution in [1.29, 1.82) is 0 Å². The fraction of sp³-hybridized carbons (Fsp3) is 0.700. The Morgan fingerprint density at radius 3 is 2.85 bits per heavy atom. The van der Waals surface area contributed by atoms with Gasteiger partial charge in [0.15, 0.2) is 0 Å². The summed E-state index contributed by atoms with van der Waals surface area (Å²) in [5, 5.41) is 3.05. The lowest BCUT2D eigenvalue weighted by Crippen LogP contribution is -2.29. The minimum Gasteiger partial charge on any atom is -0.346 e. The van der Waals surface area contributed by atoms with Crippen molar-refractivity contribution in [2.45, 2.75) is 19.3 Å². The third-order valence-corrected chi connectivity index (χ3v) is 1.91. The van der Waals surface area contributed by atoms with E-state index in [9.17, 15) is 4.79 Å². The van der Waals surface area contributed by atoms with Crippen LogP contribution in [0.25, 0.3) is 0 Å². The largest absolute Gasteiger partial charge is 0.346 e. The molecule has 0 aliphatic rings. The predicted molar refractivity (Wildman–Crippen MR) is 55.6 cm³/mol. The Hall–Kier alpha value is -0.830. The highest BCUT2D eigenvalue weighted by Crippen LogP contribution is 1.96. The van der Waals surface area contributed by atoms with Crippen LogP contribution in [0, 0.1) is 0 Å². The molecule has 0 aromatic rings. The monoisotopic (exact) mass is 184 g/mol. The Morgan fingerprint density at radius 2 is 2.31 bits per heavy atom. The number of hydrogen-bond donors (Lipinski definition) is 1. The second kappa shape index (κ2) is 7.80. The zero-order valence-corrected chi connectivity index (χ0v) is 8.68. The highest BCUT2D eigenvalue weighted by molar-refractivity contribution is 5.75. The van der Waals surface area contributed by atoms with Gasteiger partial charge in [0.05, 0.1) is 0 Å². The highest BCUT2D eigenvalue weighted by atomic mass is 16.2. The van der Waals surface area contributed by atoms with E-state index in [-0.39, 0.29) is 5.91 Å². The van der Waals surface area contributed by atoms with Gasteiger partial charge in [0, 0.05) is 20.0 Å². The van der Waals surface area contributed by atoms with Crippen LogP contribution in [0.2, 0.25) is 0 Å². The van der Waals surface area contributed by atoms with Crippen molar-refractivity contribution in [1.82, 2.24) is 10.2 Å². The number of rotatable bonds is 7. The smallest absolute Gasteiger partial charge is 0.222 e. The molecule has 0 aliphatic carbocycles. The van der Waals surface area contributed by atoms with Gasteiger partial charge in [0.2, 0.25) is 5.91 Å². The van der Waals surface area contributed by atoms with Crippen LogP contribution in [0.15, 0.2) is 12.7 Å². The zero-order chi connectivity index (χ0) is 10.1. The molecule has 0 bridgehead atoms. The first-order valence-corrected chi connectivity index (χ1v) is 4.71. The highest BCUT2D eigenvalue weighted by Gasteiger charge is 2.05. The van der Waals surface area contributed by atoms with Crippen molar-refractivity contribution < 1.29 is 4.79 Å². The maximum absolute atomic E-state index is 11.4. The van der Waals surface area contributed by atoms with E-state index < -0.39 is 0 Å². The van der Waals surface area contributed by atoms with E-state index in [1.165, 1.54) is 0 Å². The fourth-order valence-electron chi connectivity index (χ4n) is 1.03. The van der Waals surface area contributed by atoms with Crippen LogP contribution in [0.4, 0.5) is 0 Å². The molecule has 0 aromatic carbocycles. The van der Waals surface area contributed by atoms with Crippen LogP contribution in [0.1, 0.15) is 19.3 Å². The van der Waals surface area contributed by atoms with E-state index in [2.05, 4.69) is 11.9 Å². The number of hydrogen-bond acceptors (Lipinski definition) is 2. The molecule has 0 saturated carbocycles. The van der Waals surface area contributed by atoms with Crippen molar-refractivity contribution in [3.8, 4) is 0 Å². The molecule has 0 saturated heterocycles. The van der Waals surface area contributed by atoms with Crippen molar-refractivity contribution in [2.75, 3.05) is 27.2 Å². The first-order valence-electron chi connectivity index (χ1n) is 4.71. The summed E-state index contributed by atoms with van der Waals surface area (Å²) in [5.74, 6) is 0.205. The van der Waals surface area contributed by atoms with Crippen LogP contribution >= 0.6 is 0 Å². The molecule has 0 atom stereocenters. The molecule has 0 aromatic heterocycles. The van der Waals surface area contributed by atoms with Crippen molar-refractivity contribution in [2.24, 2.45) is 0 Å². The zero-order valence-electron chi connectivity index (χ0n) is 8.68. The van der Waals surface area contributed by atoms with E-state index in [0.717, 1.165) is 25.9 Å². The molecule has 0 heterocycles. The quantitative estimate of drug-likeness (QED) is 0.473. The van der Waals surface area contributed by atoms with Crippen molar-refractivity contribution in [3.63, 3.8) is 0 Å². The summed E-state index contributed by atoms with van der Waals surface area (Å²) < 4.78 is 0. The molecule has 0 rings (SSSR count). The van der Waals surface area contributed by atoms with Gasteiger partial charge < -0.3 is 10.2 Å². The number of allylic oxidation sites excluding steroid dienone is 1. The first-order chi connectivity index (χ1) is 6.22. The number of nitrogens with one attached hydrogen (secondary N) is 1. The van der Waals surface area contributed by atoms with E-state index in [1.807, 2.05) is 14.1 Å². The van der Waals surface area contributed by atoms with Gasteiger partial charge in [-0.05, 0) is 26.4 Å². The summed E-state index contributed by atoms with van der Waals surface area (Å²) in [6.07, 6.45) is 4.14. The van der Waals surface area contributed by atoms with Crippen LogP contribution in [-0.2, 0) is 4.79 Å². The number of amides is 1. The fourth-order valence-corrected chi connectivity index (χ4v) is 1.03. The van der Waals surface area contributed by atoms with E-state index in [0.29, 0.717) is 6.42 Å². The molecule has 0 fully saturated rings. The van der Waals surface area contributed by atoms with Gasteiger partial charge in [-0.2, -0.15) is 0 Å². The normalized spacial score (nSPS) is 9.69. The summed E-state index contributed by atoms with van der Waals surface area (Å²) in [5.41, 5.74) is 0. The lowest BCUT2D eigenvalue weighted by atomic mass is 10.2. The van der Waals surface area contributed by atoms with Gasteiger partial charge >= 0.3 is 0 Å².